The van der Waals surface area contributed by atoms with Gasteiger partial charge in [-0.2, -0.15) is 5.26 Å². The molecule has 4 rings (SSSR count). The van der Waals surface area contributed by atoms with Crippen molar-refractivity contribution in [1.82, 2.24) is 5.32 Å². The molecule has 0 bridgehead atoms. The first-order chi connectivity index (χ1) is 18.1. The van der Waals surface area contributed by atoms with Gasteiger partial charge in [0.1, 0.15) is 18.2 Å². The molecule has 0 aliphatic rings. The van der Waals surface area contributed by atoms with E-state index in [0.29, 0.717) is 36.6 Å². The Balaban J connectivity index is 1.59. The van der Waals surface area contributed by atoms with Gasteiger partial charge in [0.25, 0.3) is 5.91 Å². The lowest BCUT2D eigenvalue weighted by atomic mass is 10.0. The van der Waals surface area contributed by atoms with E-state index in [0.717, 1.165) is 27.5 Å². The first kappa shape index (κ1) is 25.3. The fourth-order valence-corrected chi connectivity index (χ4v) is 4.15. The van der Waals surface area contributed by atoms with Gasteiger partial charge in [-0.15, -0.1) is 6.58 Å². The summed E-state index contributed by atoms with van der Waals surface area (Å²) in [7, 11) is 1.57. The summed E-state index contributed by atoms with van der Waals surface area (Å²) in [6.45, 7) is 4.57. The Morgan fingerprint density at radius 2 is 1.76 bits per heavy atom. The molecule has 0 heterocycles. The molecule has 0 saturated heterocycles. The number of nitrogens with one attached hydrogen (secondary N) is 1. The molecule has 5 nitrogen and oxygen atoms in total. The van der Waals surface area contributed by atoms with Crippen molar-refractivity contribution in [3.63, 3.8) is 0 Å². The highest BCUT2D eigenvalue weighted by atomic mass is 16.5. The average Bonchev–Trinajstić information content (AvgIpc) is 2.94. The van der Waals surface area contributed by atoms with Crippen molar-refractivity contribution in [1.29, 1.82) is 5.26 Å². The molecule has 0 spiro atoms. The lowest BCUT2D eigenvalue weighted by Crippen LogP contribution is -2.23. The molecule has 184 valence electrons. The van der Waals surface area contributed by atoms with Crippen LogP contribution in [0.4, 0.5) is 0 Å². The molecule has 5 heteroatoms. The van der Waals surface area contributed by atoms with Crippen LogP contribution in [-0.2, 0) is 24.4 Å². The number of ether oxygens (including phenoxy) is 2. The Kier molecular flexibility index (Phi) is 8.36. The number of carbonyl (C=O) groups excluding carboxylic acids is 1. The van der Waals surface area contributed by atoms with Crippen LogP contribution in [0.3, 0.4) is 0 Å². The summed E-state index contributed by atoms with van der Waals surface area (Å²) in [5.41, 5.74) is 3.54. The molecule has 0 saturated carbocycles. The summed E-state index contributed by atoms with van der Waals surface area (Å²) in [4.78, 5) is 12.7. The van der Waals surface area contributed by atoms with Crippen LogP contribution in [0.25, 0.3) is 16.8 Å². The van der Waals surface area contributed by atoms with Crippen molar-refractivity contribution in [2.24, 2.45) is 0 Å². The number of amides is 1. The Morgan fingerprint density at radius 1 is 1.00 bits per heavy atom. The maximum atomic E-state index is 12.7. The summed E-state index contributed by atoms with van der Waals surface area (Å²) in [5, 5.41) is 14.7. The van der Waals surface area contributed by atoms with Crippen LogP contribution in [-0.4, -0.2) is 13.0 Å². The van der Waals surface area contributed by atoms with E-state index in [4.69, 9.17) is 9.47 Å². The van der Waals surface area contributed by atoms with E-state index < -0.39 is 5.91 Å². The smallest absolute Gasteiger partial charge is 0.262 e. The van der Waals surface area contributed by atoms with Crippen molar-refractivity contribution >= 4 is 22.8 Å². The molecular formula is C32H28N2O3. The highest BCUT2D eigenvalue weighted by Gasteiger charge is 2.15. The SMILES string of the molecule is C=CCc1cc(/C=C(\C#N)C(=O)NCc2ccccc2)cc(OC)c1OCc1cccc2ccccc12. The average molecular weight is 489 g/mol. The van der Waals surface area contributed by atoms with Crippen LogP contribution in [0.2, 0.25) is 0 Å². The minimum atomic E-state index is -0.438. The quantitative estimate of drug-likeness (QED) is 0.160. The van der Waals surface area contributed by atoms with Gasteiger partial charge in [0.15, 0.2) is 11.5 Å². The fourth-order valence-electron chi connectivity index (χ4n) is 4.15. The number of allylic oxidation sites excluding steroid dienone is 1. The molecule has 0 atom stereocenters. The van der Waals surface area contributed by atoms with Gasteiger partial charge in [0, 0.05) is 12.1 Å². The monoisotopic (exact) mass is 488 g/mol. The summed E-state index contributed by atoms with van der Waals surface area (Å²) in [6.07, 6.45) is 3.87. The molecule has 0 aliphatic carbocycles. The molecule has 1 amide bonds. The minimum Gasteiger partial charge on any atom is -0.493 e. The van der Waals surface area contributed by atoms with Gasteiger partial charge in [-0.05, 0) is 52.1 Å². The first-order valence-electron chi connectivity index (χ1n) is 12.0. The largest absolute Gasteiger partial charge is 0.493 e. The van der Waals surface area contributed by atoms with Crippen molar-refractivity contribution in [3.8, 4) is 17.6 Å². The number of nitriles is 1. The Bertz CT molecular complexity index is 1480. The number of hydrogen-bond donors (Lipinski definition) is 1. The predicted molar refractivity (Wildman–Crippen MR) is 147 cm³/mol. The second kappa shape index (κ2) is 12.2. The normalized spacial score (nSPS) is 11.0. The second-order valence-corrected chi connectivity index (χ2v) is 8.47. The van der Waals surface area contributed by atoms with Crippen molar-refractivity contribution in [3.05, 3.63) is 125 Å². The third-order valence-electron chi connectivity index (χ3n) is 5.96. The number of methoxy groups -OCH3 is 1. The lowest BCUT2D eigenvalue weighted by Gasteiger charge is -2.17. The van der Waals surface area contributed by atoms with Crippen LogP contribution in [0.1, 0.15) is 22.3 Å². The number of hydrogen-bond acceptors (Lipinski definition) is 4. The molecular weight excluding hydrogens is 460 g/mol. The molecule has 0 radical (unpaired) electrons. The van der Waals surface area contributed by atoms with Crippen molar-refractivity contribution in [2.75, 3.05) is 7.11 Å². The standard InChI is InChI=1S/C32H28N2O3/c1-3-10-26-17-24(18-28(20-33)32(35)34-21-23-11-5-4-6-12-23)19-30(36-2)31(26)37-22-27-15-9-14-25-13-7-8-16-29(25)27/h3-9,11-19H,1,10,21-22H2,2H3,(H,34,35)/b28-18+. The van der Waals surface area contributed by atoms with E-state index >= 15 is 0 Å². The van der Waals surface area contributed by atoms with Gasteiger partial charge in [-0.25, -0.2) is 0 Å². The third kappa shape index (κ3) is 6.25. The zero-order chi connectivity index (χ0) is 26.0. The van der Waals surface area contributed by atoms with Crippen molar-refractivity contribution in [2.45, 2.75) is 19.6 Å². The highest BCUT2D eigenvalue weighted by molar-refractivity contribution is 6.01. The Labute approximate surface area is 217 Å². The maximum Gasteiger partial charge on any atom is 0.262 e. The summed E-state index contributed by atoms with van der Waals surface area (Å²) in [6, 6.07) is 29.5. The molecule has 0 aromatic heterocycles. The summed E-state index contributed by atoms with van der Waals surface area (Å²) >= 11 is 0. The highest BCUT2D eigenvalue weighted by Crippen LogP contribution is 2.35. The molecule has 0 unspecified atom stereocenters. The minimum absolute atomic E-state index is 0.00645. The maximum absolute atomic E-state index is 12.7. The van der Waals surface area contributed by atoms with E-state index in [9.17, 15) is 10.1 Å². The zero-order valence-electron chi connectivity index (χ0n) is 20.7. The van der Waals surface area contributed by atoms with Crippen LogP contribution in [0.5, 0.6) is 11.5 Å². The van der Waals surface area contributed by atoms with E-state index in [-0.39, 0.29) is 5.57 Å². The summed E-state index contributed by atoms with van der Waals surface area (Å²) in [5.74, 6) is 0.694. The zero-order valence-corrected chi connectivity index (χ0v) is 20.7. The van der Waals surface area contributed by atoms with Gasteiger partial charge in [-0.1, -0.05) is 78.9 Å². The van der Waals surface area contributed by atoms with E-state index in [1.807, 2.05) is 66.7 Å². The number of nitrogens with zero attached hydrogens (tertiary/aromatic N) is 1. The Hall–Kier alpha value is -4.82. The molecule has 0 fully saturated rings. The summed E-state index contributed by atoms with van der Waals surface area (Å²) < 4.78 is 11.9. The van der Waals surface area contributed by atoms with Crippen molar-refractivity contribution < 1.29 is 14.3 Å². The number of rotatable bonds is 10. The number of fused-ring (bicyclic) bond motifs is 1. The third-order valence-corrected chi connectivity index (χ3v) is 5.96. The van der Waals surface area contributed by atoms with Gasteiger partial charge in [-0.3, -0.25) is 4.79 Å². The van der Waals surface area contributed by atoms with Gasteiger partial charge < -0.3 is 14.8 Å². The fraction of sp³-hybridized carbons (Fsp3) is 0.125. The van der Waals surface area contributed by atoms with Crippen LogP contribution >= 0.6 is 0 Å². The van der Waals surface area contributed by atoms with Crippen LogP contribution < -0.4 is 14.8 Å². The topological polar surface area (TPSA) is 71.4 Å². The molecule has 1 N–H and O–H groups in total. The van der Waals surface area contributed by atoms with Crippen LogP contribution in [0, 0.1) is 11.3 Å². The first-order valence-corrected chi connectivity index (χ1v) is 12.0. The van der Waals surface area contributed by atoms with E-state index in [2.05, 4.69) is 30.1 Å². The molecule has 4 aromatic rings. The lowest BCUT2D eigenvalue weighted by molar-refractivity contribution is -0.117. The van der Waals surface area contributed by atoms with Gasteiger partial charge >= 0.3 is 0 Å². The Morgan fingerprint density at radius 3 is 2.51 bits per heavy atom. The van der Waals surface area contributed by atoms with Crippen LogP contribution in [0.15, 0.2) is 103 Å². The predicted octanol–water partition coefficient (Wildman–Crippen LogP) is 6.38. The molecule has 4 aromatic carbocycles. The van der Waals surface area contributed by atoms with E-state index in [1.54, 1.807) is 25.3 Å². The van der Waals surface area contributed by atoms with Gasteiger partial charge in [0.2, 0.25) is 0 Å². The van der Waals surface area contributed by atoms with E-state index in [1.165, 1.54) is 0 Å². The van der Waals surface area contributed by atoms with Gasteiger partial charge in [0.05, 0.1) is 7.11 Å². The number of carbonyl (C=O) groups is 1. The molecule has 0 aliphatic heterocycles. The number of benzene rings is 4. The second-order valence-electron chi connectivity index (χ2n) is 8.47. The molecule has 37 heavy (non-hydrogen) atoms.